The lowest BCUT2D eigenvalue weighted by Gasteiger charge is -2.23. The molecule has 0 aliphatic rings. The zero-order chi connectivity index (χ0) is 18.9. The number of carboxylic acids is 1. The first kappa shape index (κ1) is 18.5. The van der Waals surface area contributed by atoms with Crippen molar-refractivity contribution in [1.82, 2.24) is 5.32 Å². The fourth-order valence-electron chi connectivity index (χ4n) is 2.75. The van der Waals surface area contributed by atoms with Crippen molar-refractivity contribution < 1.29 is 24.2 Å². The number of phenolic OH excluding ortho intramolecular Hbond substituents is 1. The Balaban J connectivity index is 2.40. The molecular formula is C18H20NO6-. The number of carbonyl (C=O) groups excluding carboxylic acids is 2. The maximum Gasteiger partial charge on any atom is 0.340 e. The molecule has 0 radical (unpaired) electrons. The molecule has 0 aliphatic heterocycles. The van der Waals surface area contributed by atoms with Gasteiger partial charge in [0.1, 0.15) is 11.3 Å². The summed E-state index contributed by atoms with van der Waals surface area (Å²) in [4.78, 5) is 35.4. The van der Waals surface area contributed by atoms with Gasteiger partial charge in [-0.1, -0.05) is 13.8 Å². The molecule has 0 aliphatic carbocycles. The summed E-state index contributed by atoms with van der Waals surface area (Å²) >= 11 is 0. The van der Waals surface area contributed by atoms with Crippen molar-refractivity contribution in [2.24, 2.45) is 5.92 Å². The number of aryl methyl sites for hydroxylation is 2. The monoisotopic (exact) mass is 346 g/mol. The number of carboxylic acid groups (broad SMARTS) is 1. The molecule has 2 N–H and O–H groups in total. The summed E-state index contributed by atoms with van der Waals surface area (Å²) in [7, 11) is 0. The normalized spacial score (nSPS) is 12.4. The van der Waals surface area contributed by atoms with Crippen LogP contribution in [-0.2, 0) is 16.0 Å². The summed E-state index contributed by atoms with van der Waals surface area (Å²) in [6.07, 6.45) is -0.353. The fraction of sp³-hybridized carbons (Fsp3) is 0.389. The summed E-state index contributed by atoms with van der Waals surface area (Å²) < 4.78 is 5.21. The highest BCUT2D eigenvalue weighted by atomic mass is 16.4. The summed E-state index contributed by atoms with van der Waals surface area (Å²) in [5, 5.41) is 23.9. The average Bonchev–Trinajstić information content (AvgIpc) is 2.47. The predicted molar refractivity (Wildman–Crippen MR) is 89.1 cm³/mol. The van der Waals surface area contributed by atoms with Crippen LogP contribution < -0.4 is 16.0 Å². The quantitative estimate of drug-likeness (QED) is 0.763. The van der Waals surface area contributed by atoms with Gasteiger partial charge in [0.15, 0.2) is 0 Å². The largest absolute Gasteiger partial charge is 0.548 e. The van der Waals surface area contributed by atoms with Gasteiger partial charge in [-0.2, -0.15) is 0 Å². The van der Waals surface area contributed by atoms with Gasteiger partial charge in [-0.15, -0.1) is 0 Å². The standard InChI is InChI=1S/C18H21NO6/c1-8(2)16(17(22)23)19-14(21)7-11-10(4)15-12(20)5-9(3)6-13(15)25-18(11)24/h5-6,8,16,20H,7H2,1-4H3,(H,19,21)(H,22,23)/p-1/t16-/m0/s1. The second-order valence-corrected chi connectivity index (χ2v) is 6.44. The first-order chi connectivity index (χ1) is 11.6. The van der Waals surface area contributed by atoms with E-state index in [4.69, 9.17) is 4.42 Å². The molecule has 1 atom stereocenters. The van der Waals surface area contributed by atoms with Crippen LogP contribution in [0.2, 0.25) is 0 Å². The van der Waals surface area contributed by atoms with Crippen molar-refractivity contribution in [2.75, 3.05) is 0 Å². The van der Waals surface area contributed by atoms with Crippen LogP contribution >= 0.6 is 0 Å². The molecule has 1 aromatic carbocycles. The lowest BCUT2D eigenvalue weighted by molar-refractivity contribution is -0.309. The van der Waals surface area contributed by atoms with Crippen LogP contribution in [0.5, 0.6) is 5.75 Å². The van der Waals surface area contributed by atoms with Crippen LogP contribution in [0.4, 0.5) is 0 Å². The van der Waals surface area contributed by atoms with Gasteiger partial charge in [0, 0.05) is 0 Å². The van der Waals surface area contributed by atoms with Gasteiger partial charge in [-0.05, 0) is 43.0 Å². The number of hydrogen-bond acceptors (Lipinski definition) is 6. The topological polar surface area (TPSA) is 120 Å². The summed E-state index contributed by atoms with van der Waals surface area (Å²) in [5.74, 6) is -2.44. The van der Waals surface area contributed by atoms with E-state index in [-0.39, 0.29) is 29.2 Å². The molecule has 0 unspecified atom stereocenters. The van der Waals surface area contributed by atoms with Crippen LogP contribution in [0.1, 0.15) is 30.5 Å². The number of nitrogens with one attached hydrogen (secondary N) is 1. The summed E-state index contributed by atoms with van der Waals surface area (Å²) in [6.45, 7) is 6.63. The first-order valence-corrected chi connectivity index (χ1v) is 7.88. The van der Waals surface area contributed by atoms with E-state index in [9.17, 15) is 24.6 Å². The molecule has 0 saturated heterocycles. The first-order valence-electron chi connectivity index (χ1n) is 7.88. The molecule has 134 valence electrons. The van der Waals surface area contributed by atoms with Crippen molar-refractivity contribution in [3.63, 3.8) is 0 Å². The van der Waals surface area contributed by atoms with Crippen molar-refractivity contribution in [2.45, 2.75) is 40.2 Å². The van der Waals surface area contributed by atoms with E-state index in [0.29, 0.717) is 10.9 Å². The third-order valence-electron chi connectivity index (χ3n) is 4.08. The van der Waals surface area contributed by atoms with Gasteiger partial charge in [-0.25, -0.2) is 4.79 Å². The number of aromatic hydroxyl groups is 1. The minimum atomic E-state index is -1.39. The lowest BCUT2D eigenvalue weighted by atomic mass is 10.0. The van der Waals surface area contributed by atoms with Crippen molar-refractivity contribution in [1.29, 1.82) is 0 Å². The molecule has 0 bridgehead atoms. The van der Waals surface area contributed by atoms with E-state index >= 15 is 0 Å². The molecule has 0 saturated carbocycles. The average molecular weight is 346 g/mol. The number of aliphatic carboxylic acids is 1. The maximum absolute atomic E-state index is 12.2. The molecule has 25 heavy (non-hydrogen) atoms. The molecule has 2 rings (SSSR count). The predicted octanol–water partition coefficient (Wildman–Crippen LogP) is 0.549. The Bertz CT molecular complexity index is 897. The van der Waals surface area contributed by atoms with Gasteiger partial charge in [0.2, 0.25) is 5.91 Å². The number of amides is 1. The molecule has 1 aromatic heterocycles. The zero-order valence-electron chi connectivity index (χ0n) is 14.5. The second-order valence-electron chi connectivity index (χ2n) is 6.44. The Morgan fingerprint density at radius 2 is 1.92 bits per heavy atom. The van der Waals surface area contributed by atoms with Crippen molar-refractivity contribution in [3.8, 4) is 5.75 Å². The number of hydrogen-bond donors (Lipinski definition) is 2. The van der Waals surface area contributed by atoms with Crippen LogP contribution in [-0.4, -0.2) is 23.0 Å². The zero-order valence-corrected chi connectivity index (χ0v) is 14.5. The van der Waals surface area contributed by atoms with Gasteiger partial charge in [0.05, 0.1) is 29.4 Å². The third-order valence-corrected chi connectivity index (χ3v) is 4.08. The van der Waals surface area contributed by atoms with Gasteiger partial charge in [-0.3, -0.25) is 4.79 Å². The maximum atomic E-state index is 12.2. The highest BCUT2D eigenvalue weighted by Gasteiger charge is 2.21. The Morgan fingerprint density at radius 3 is 2.48 bits per heavy atom. The minimum absolute atomic E-state index is 0.0484. The van der Waals surface area contributed by atoms with Crippen molar-refractivity contribution >= 4 is 22.8 Å². The number of fused-ring (bicyclic) bond motifs is 1. The lowest BCUT2D eigenvalue weighted by Crippen LogP contribution is -2.51. The van der Waals surface area contributed by atoms with Gasteiger partial charge < -0.3 is 24.7 Å². The molecule has 0 spiro atoms. The number of rotatable bonds is 5. The Labute approximate surface area is 144 Å². The number of benzene rings is 1. The number of carbonyl (C=O) groups is 2. The minimum Gasteiger partial charge on any atom is -0.548 e. The highest BCUT2D eigenvalue weighted by molar-refractivity contribution is 5.90. The highest BCUT2D eigenvalue weighted by Crippen LogP contribution is 2.29. The molecule has 0 fully saturated rings. The molecule has 7 nitrogen and oxygen atoms in total. The molecular weight excluding hydrogens is 326 g/mol. The van der Waals surface area contributed by atoms with Gasteiger partial charge in [0.25, 0.3) is 0 Å². The van der Waals surface area contributed by atoms with E-state index in [0.717, 1.165) is 5.56 Å². The molecule has 2 aromatic rings. The third kappa shape index (κ3) is 3.81. The van der Waals surface area contributed by atoms with Crippen LogP contribution in [0.15, 0.2) is 21.3 Å². The van der Waals surface area contributed by atoms with E-state index in [1.807, 2.05) is 0 Å². The van der Waals surface area contributed by atoms with Crippen LogP contribution in [0.3, 0.4) is 0 Å². The smallest absolute Gasteiger partial charge is 0.340 e. The van der Waals surface area contributed by atoms with E-state index < -0.39 is 23.5 Å². The number of phenols is 1. The summed E-state index contributed by atoms with van der Waals surface area (Å²) in [5.41, 5.74) is 0.767. The van der Waals surface area contributed by atoms with Crippen LogP contribution in [0.25, 0.3) is 11.0 Å². The fourth-order valence-corrected chi connectivity index (χ4v) is 2.75. The Kier molecular flexibility index (Phi) is 5.15. The SMILES string of the molecule is Cc1cc(O)c2c(C)c(CC(=O)N[C@H](C(=O)[O-])C(C)C)c(=O)oc2c1. The van der Waals surface area contributed by atoms with Gasteiger partial charge >= 0.3 is 5.63 Å². The van der Waals surface area contributed by atoms with E-state index in [1.165, 1.54) is 6.07 Å². The van der Waals surface area contributed by atoms with Crippen molar-refractivity contribution in [3.05, 3.63) is 39.2 Å². The van der Waals surface area contributed by atoms with Crippen LogP contribution in [0, 0.1) is 19.8 Å². The Morgan fingerprint density at radius 1 is 1.28 bits per heavy atom. The van der Waals surface area contributed by atoms with E-state index in [2.05, 4.69) is 5.32 Å². The molecule has 1 amide bonds. The Hall–Kier alpha value is -2.83. The molecule has 7 heteroatoms. The van der Waals surface area contributed by atoms with E-state index in [1.54, 1.807) is 33.8 Å². The second kappa shape index (κ2) is 6.96. The summed E-state index contributed by atoms with van der Waals surface area (Å²) in [6, 6.07) is 2.00. The molecule has 1 heterocycles.